The molecule has 2 heterocycles. The van der Waals surface area contributed by atoms with Crippen LogP contribution in [0.1, 0.15) is 29.3 Å². The van der Waals surface area contributed by atoms with Gasteiger partial charge >= 0.3 is 5.97 Å². The van der Waals surface area contributed by atoms with Gasteiger partial charge in [0.15, 0.2) is 6.10 Å². The van der Waals surface area contributed by atoms with Crippen LogP contribution in [0.3, 0.4) is 0 Å². The average Bonchev–Trinajstić information content (AvgIpc) is 3.18. The fraction of sp³-hybridized carbons (Fsp3) is 0.278. The van der Waals surface area contributed by atoms with E-state index in [-0.39, 0.29) is 18.2 Å². The minimum atomic E-state index is -0.814. The summed E-state index contributed by atoms with van der Waals surface area (Å²) in [7, 11) is 1.82. The van der Waals surface area contributed by atoms with Crippen molar-refractivity contribution in [3.8, 4) is 0 Å². The number of fused-ring (bicyclic) bond motifs is 1. The molecule has 1 aromatic carbocycles. The number of hydrogen-bond donors (Lipinski definition) is 1. The van der Waals surface area contributed by atoms with E-state index in [1.54, 1.807) is 24.0 Å². The first-order valence-electron chi connectivity index (χ1n) is 7.82. The highest BCUT2D eigenvalue weighted by Gasteiger charge is 2.22. The van der Waals surface area contributed by atoms with Gasteiger partial charge in [-0.2, -0.15) is 5.10 Å². The van der Waals surface area contributed by atoms with Gasteiger partial charge in [-0.25, -0.2) is 0 Å². The van der Waals surface area contributed by atoms with Crippen molar-refractivity contribution in [2.45, 2.75) is 25.9 Å². The van der Waals surface area contributed by atoms with Crippen LogP contribution in [0.2, 0.25) is 0 Å². The molecule has 0 saturated heterocycles. The van der Waals surface area contributed by atoms with Crippen molar-refractivity contribution in [1.82, 2.24) is 14.8 Å². The van der Waals surface area contributed by atoms with Crippen LogP contribution in [-0.4, -0.2) is 32.6 Å². The van der Waals surface area contributed by atoms with E-state index in [0.29, 0.717) is 12.0 Å². The Bertz CT molecular complexity index is 878. The minimum Gasteiger partial charge on any atom is -0.454 e. The summed E-state index contributed by atoms with van der Waals surface area (Å²) < 4.78 is 6.97. The van der Waals surface area contributed by atoms with Gasteiger partial charge in [-0.15, -0.1) is 0 Å². The molecule has 6 nitrogen and oxygen atoms in total. The SMILES string of the molecule is C[C@@H](OC(=O)CCc1cnn(C)c1)C(=O)c1c[nH]c2ccccc12. The highest BCUT2D eigenvalue weighted by atomic mass is 16.5. The monoisotopic (exact) mass is 325 g/mol. The van der Waals surface area contributed by atoms with Gasteiger partial charge in [0.2, 0.25) is 5.78 Å². The first kappa shape index (κ1) is 16.0. The Morgan fingerprint density at radius 1 is 1.33 bits per heavy atom. The largest absolute Gasteiger partial charge is 0.454 e. The molecule has 3 aromatic rings. The van der Waals surface area contributed by atoms with E-state index in [9.17, 15) is 9.59 Å². The van der Waals surface area contributed by atoms with Crippen molar-refractivity contribution in [2.24, 2.45) is 7.05 Å². The van der Waals surface area contributed by atoms with Gasteiger partial charge in [0.25, 0.3) is 0 Å². The maximum Gasteiger partial charge on any atom is 0.306 e. The zero-order valence-electron chi connectivity index (χ0n) is 13.7. The van der Waals surface area contributed by atoms with E-state index in [0.717, 1.165) is 16.5 Å². The fourth-order valence-electron chi connectivity index (χ4n) is 2.65. The molecule has 1 N–H and O–H groups in total. The van der Waals surface area contributed by atoms with Gasteiger partial charge in [-0.1, -0.05) is 18.2 Å². The van der Waals surface area contributed by atoms with Crippen LogP contribution < -0.4 is 0 Å². The Labute approximate surface area is 139 Å². The number of esters is 1. The van der Waals surface area contributed by atoms with Crippen LogP contribution in [-0.2, 0) is 23.0 Å². The molecular weight excluding hydrogens is 306 g/mol. The highest BCUT2D eigenvalue weighted by Crippen LogP contribution is 2.20. The molecule has 3 rings (SSSR count). The summed E-state index contributed by atoms with van der Waals surface area (Å²) >= 11 is 0. The smallest absolute Gasteiger partial charge is 0.306 e. The zero-order valence-corrected chi connectivity index (χ0v) is 13.7. The molecule has 124 valence electrons. The lowest BCUT2D eigenvalue weighted by Gasteiger charge is -2.11. The third-order valence-electron chi connectivity index (χ3n) is 3.91. The van der Waals surface area contributed by atoms with Crippen LogP contribution in [0.5, 0.6) is 0 Å². The summed E-state index contributed by atoms with van der Waals surface area (Å²) in [5, 5.41) is 4.89. The van der Waals surface area contributed by atoms with Crippen LogP contribution >= 0.6 is 0 Å². The van der Waals surface area contributed by atoms with Crippen molar-refractivity contribution in [2.75, 3.05) is 0 Å². The van der Waals surface area contributed by atoms with Crippen LogP contribution in [0.4, 0.5) is 0 Å². The lowest BCUT2D eigenvalue weighted by atomic mass is 10.1. The molecule has 0 aliphatic heterocycles. The van der Waals surface area contributed by atoms with Crippen molar-refractivity contribution >= 4 is 22.7 Å². The fourth-order valence-corrected chi connectivity index (χ4v) is 2.65. The van der Waals surface area contributed by atoms with E-state index in [1.807, 2.05) is 37.5 Å². The average molecular weight is 325 g/mol. The van der Waals surface area contributed by atoms with Gasteiger partial charge in [-0.05, 0) is 25.0 Å². The molecule has 0 spiro atoms. The summed E-state index contributed by atoms with van der Waals surface area (Å²) in [6.45, 7) is 1.60. The standard InChI is InChI=1S/C18H19N3O3/c1-12(24-17(22)8-7-13-9-20-21(2)11-13)18(23)15-10-19-16-6-4-3-5-14(15)16/h3-6,9-12,19H,7-8H2,1-2H3/t12-/m1/s1. The Morgan fingerprint density at radius 2 is 2.12 bits per heavy atom. The maximum atomic E-state index is 12.5. The molecule has 1 atom stereocenters. The van der Waals surface area contributed by atoms with Crippen LogP contribution in [0.15, 0.2) is 42.9 Å². The van der Waals surface area contributed by atoms with Gasteiger partial charge in [-0.3, -0.25) is 14.3 Å². The number of carbonyl (C=O) groups is 2. The Hall–Kier alpha value is -2.89. The van der Waals surface area contributed by atoms with Crippen LogP contribution in [0.25, 0.3) is 10.9 Å². The van der Waals surface area contributed by atoms with Gasteiger partial charge in [0.05, 0.1) is 6.20 Å². The lowest BCUT2D eigenvalue weighted by molar-refractivity contribution is -0.146. The number of benzene rings is 1. The number of nitrogens with zero attached hydrogens (tertiary/aromatic N) is 2. The number of carbonyl (C=O) groups excluding carboxylic acids is 2. The third-order valence-corrected chi connectivity index (χ3v) is 3.91. The van der Waals surface area contributed by atoms with Gasteiger partial charge < -0.3 is 9.72 Å². The van der Waals surface area contributed by atoms with E-state index in [1.165, 1.54) is 0 Å². The maximum absolute atomic E-state index is 12.5. The zero-order chi connectivity index (χ0) is 17.1. The Kier molecular flexibility index (Phi) is 4.46. The lowest BCUT2D eigenvalue weighted by Crippen LogP contribution is -2.24. The highest BCUT2D eigenvalue weighted by molar-refractivity contribution is 6.10. The van der Waals surface area contributed by atoms with Crippen molar-refractivity contribution in [3.63, 3.8) is 0 Å². The van der Waals surface area contributed by atoms with Crippen molar-refractivity contribution in [1.29, 1.82) is 0 Å². The van der Waals surface area contributed by atoms with Crippen LogP contribution in [0, 0.1) is 0 Å². The van der Waals surface area contributed by atoms with E-state index in [4.69, 9.17) is 4.74 Å². The third kappa shape index (κ3) is 3.37. The normalized spacial score (nSPS) is 12.2. The Balaban J connectivity index is 1.60. The quantitative estimate of drug-likeness (QED) is 0.558. The summed E-state index contributed by atoms with van der Waals surface area (Å²) in [6.07, 6.45) is 5.18. The number of Topliss-reactive ketones (excluding diaryl/α,β-unsaturated/α-hetero) is 1. The number of H-pyrrole nitrogens is 1. The van der Waals surface area contributed by atoms with Gasteiger partial charge in [0, 0.05) is 42.3 Å². The summed E-state index contributed by atoms with van der Waals surface area (Å²) in [5.74, 6) is -0.596. The molecule has 0 aliphatic rings. The van der Waals surface area contributed by atoms with E-state index in [2.05, 4.69) is 10.1 Å². The number of hydrogen-bond acceptors (Lipinski definition) is 4. The summed E-state index contributed by atoms with van der Waals surface area (Å²) in [4.78, 5) is 27.5. The van der Waals surface area contributed by atoms with Gasteiger partial charge in [0.1, 0.15) is 0 Å². The molecular formula is C18H19N3O3. The predicted octanol–water partition coefficient (Wildman–Crippen LogP) is 2.65. The topological polar surface area (TPSA) is 77.0 Å². The van der Waals surface area contributed by atoms with E-state index < -0.39 is 6.10 Å². The number of rotatable bonds is 6. The minimum absolute atomic E-state index is 0.206. The number of nitrogens with one attached hydrogen (secondary N) is 1. The number of ether oxygens (including phenoxy) is 1. The Morgan fingerprint density at radius 3 is 2.88 bits per heavy atom. The first-order chi connectivity index (χ1) is 11.5. The molecule has 0 amide bonds. The predicted molar refractivity (Wildman–Crippen MR) is 89.7 cm³/mol. The number of aryl methyl sites for hydroxylation is 2. The second-order valence-electron chi connectivity index (χ2n) is 5.77. The second-order valence-corrected chi connectivity index (χ2v) is 5.77. The molecule has 0 bridgehead atoms. The molecule has 0 fully saturated rings. The molecule has 6 heteroatoms. The molecule has 0 saturated carbocycles. The summed E-state index contributed by atoms with van der Waals surface area (Å²) in [5.41, 5.74) is 2.39. The molecule has 0 radical (unpaired) electrons. The molecule has 2 aromatic heterocycles. The van der Waals surface area contributed by atoms with Crippen molar-refractivity contribution in [3.05, 3.63) is 54.0 Å². The number of aromatic nitrogens is 3. The second kappa shape index (κ2) is 6.70. The van der Waals surface area contributed by atoms with Crippen molar-refractivity contribution < 1.29 is 14.3 Å². The molecule has 24 heavy (non-hydrogen) atoms. The number of para-hydroxylation sites is 1. The molecule has 0 aliphatic carbocycles. The molecule has 0 unspecified atom stereocenters. The summed E-state index contributed by atoms with van der Waals surface area (Å²) in [6, 6.07) is 7.54. The first-order valence-corrected chi connectivity index (χ1v) is 7.82. The number of ketones is 1. The number of aromatic amines is 1. The van der Waals surface area contributed by atoms with E-state index >= 15 is 0 Å².